The molecule has 1 N–H and O–H groups in total. The van der Waals surface area contributed by atoms with Crippen LogP contribution in [0.5, 0.6) is 0 Å². The molecule has 0 aliphatic heterocycles. The van der Waals surface area contributed by atoms with Gasteiger partial charge in [-0.3, -0.25) is 4.79 Å². The van der Waals surface area contributed by atoms with Crippen LogP contribution in [0.15, 0.2) is 40.4 Å². The summed E-state index contributed by atoms with van der Waals surface area (Å²) in [5.74, 6) is 0.0291. The van der Waals surface area contributed by atoms with Gasteiger partial charge in [0.05, 0.1) is 0 Å². The maximum Gasteiger partial charge on any atom is 0.246 e. The van der Waals surface area contributed by atoms with Crippen molar-refractivity contribution >= 4 is 21.8 Å². The molecule has 98 valence electrons. The quantitative estimate of drug-likeness (QED) is 0.822. The third kappa shape index (κ3) is 5.05. The Morgan fingerprint density at radius 1 is 1.39 bits per heavy atom. The van der Waals surface area contributed by atoms with Crippen LogP contribution in [0.2, 0.25) is 0 Å². The molecule has 0 aliphatic rings. The summed E-state index contributed by atoms with van der Waals surface area (Å²) in [4.78, 5) is 11.8. The van der Waals surface area contributed by atoms with Crippen LogP contribution >= 0.6 is 15.9 Å². The van der Waals surface area contributed by atoms with Gasteiger partial charge in [-0.25, -0.2) is 0 Å². The van der Waals surface area contributed by atoms with Crippen molar-refractivity contribution in [1.82, 2.24) is 5.32 Å². The predicted molar refractivity (Wildman–Crippen MR) is 79.5 cm³/mol. The summed E-state index contributed by atoms with van der Waals surface area (Å²) in [5.41, 5.74) is 2.02. The molecule has 0 fully saturated rings. The van der Waals surface area contributed by atoms with Crippen LogP contribution in [0.3, 0.4) is 0 Å². The fraction of sp³-hybridized carbons (Fsp3) is 0.400. The Morgan fingerprint density at radius 3 is 2.56 bits per heavy atom. The van der Waals surface area contributed by atoms with Crippen molar-refractivity contribution in [2.75, 3.05) is 0 Å². The van der Waals surface area contributed by atoms with Gasteiger partial charge in [-0.1, -0.05) is 41.1 Å². The van der Waals surface area contributed by atoms with E-state index in [0.717, 1.165) is 22.9 Å². The average Bonchev–Trinajstić information content (AvgIpc) is 2.32. The fourth-order valence-electron chi connectivity index (χ4n) is 1.76. The summed E-state index contributed by atoms with van der Waals surface area (Å²) in [6.07, 6.45) is 3.68. The first-order valence-corrected chi connectivity index (χ1v) is 7.04. The first-order chi connectivity index (χ1) is 8.52. The van der Waals surface area contributed by atoms with Gasteiger partial charge in [0.1, 0.15) is 0 Å². The Bertz CT molecular complexity index is 423. The van der Waals surface area contributed by atoms with E-state index in [1.54, 1.807) is 0 Å². The Morgan fingerprint density at radius 2 is 2.00 bits per heavy atom. The molecule has 0 saturated carbocycles. The highest BCUT2D eigenvalue weighted by Crippen LogP contribution is 2.12. The lowest BCUT2D eigenvalue weighted by molar-refractivity contribution is -0.118. The van der Waals surface area contributed by atoms with E-state index in [4.69, 9.17) is 0 Å². The van der Waals surface area contributed by atoms with Crippen molar-refractivity contribution < 1.29 is 4.79 Å². The lowest BCUT2D eigenvalue weighted by atomic mass is 10.1. The normalized spacial score (nSPS) is 13.2. The highest BCUT2D eigenvalue weighted by Gasteiger charge is 2.09. The van der Waals surface area contributed by atoms with Gasteiger partial charge in [-0.15, -0.1) is 0 Å². The van der Waals surface area contributed by atoms with Crippen LogP contribution in [0.4, 0.5) is 0 Å². The van der Waals surface area contributed by atoms with Gasteiger partial charge in [0.25, 0.3) is 0 Å². The summed E-state index contributed by atoms with van der Waals surface area (Å²) in [7, 11) is 0. The highest BCUT2D eigenvalue weighted by atomic mass is 79.9. The molecule has 1 aromatic carbocycles. The van der Waals surface area contributed by atoms with E-state index >= 15 is 0 Å². The van der Waals surface area contributed by atoms with Crippen molar-refractivity contribution in [2.45, 2.75) is 39.7 Å². The van der Waals surface area contributed by atoms with E-state index in [1.165, 1.54) is 5.56 Å². The third-order valence-electron chi connectivity index (χ3n) is 2.70. The number of halogens is 1. The topological polar surface area (TPSA) is 29.1 Å². The first-order valence-electron chi connectivity index (χ1n) is 6.25. The smallest absolute Gasteiger partial charge is 0.246 e. The van der Waals surface area contributed by atoms with E-state index in [-0.39, 0.29) is 11.9 Å². The maximum absolute atomic E-state index is 11.8. The second-order valence-corrected chi connectivity index (χ2v) is 5.42. The van der Waals surface area contributed by atoms with Crippen LogP contribution < -0.4 is 5.32 Å². The average molecular weight is 310 g/mol. The van der Waals surface area contributed by atoms with Crippen molar-refractivity contribution in [3.63, 3.8) is 0 Å². The van der Waals surface area contributed by atoms with E-state index in [2.05, 4.69) is 33.4 Å². The number of hydrogen-bond donors (Lipinski definition) is 1. The summed E-state index contributed by atoms with van der Waals surface area (Å²) in [5, 5.41) is 3.01. The third-order valence-corrected chi connectivity index (χ3v) is 3.23. The Hall–Kier alpha value is -1.09. The summed E-state index contributed by atoms with van der Waals surface area (Å²) < 4.78 is 1.07. The number of amides is 1. The summed E-state index contributed by atoms with van der Waals surface area (Å²) in [6.45, 7) is 5.91. The zero-order valence-electron chi connectivity index (χ0n) is 11.2. The molecular weight excluding hydrogens is 290 g/mol. The van der Waals surface area contributed by atoms with Gasteiger partial charge in [-0.2, -0.15) is 0 Å². The molecule has 1 rings (SSSR count). The predicted octanol–water partition coefficient (Wildman–Crippen LogP) is 3.85. The molecule has 1 amide bonds. The van der Waals surface area contributed by atoms with Gasteiger partial charge in [0.2, 0.25) is 5.91 Å². The number of carbonyl (C=O) groups excluding carboxylic acids is 1. The van der Waals surface area contributed by atoms with E-state index in [0.29, 0.717) is 0 Å². The molecule has 0 radical (unpaired) electrons. The molecule has 0 spiro atoms. The molecule has 1 atom stereocenters. The Balaban J connectivity index is 2.51. The molecule has 2 nitrogen and oxygen atoms in total. The van der Waals surface area contributed by atoms with Crippen LogP contribution in [0.1, 0.15) is 32.8 Å². The molecule has 0 heterocycles. The second-order valence-electron chi connectivity index (χ2n) is 4.50. The van der Waals surface area contributed by atoms with Crippen molar-refractivity contribution in [3.05, 3.63) is 46.0 Å². The zero-order valence-corrected chi connectivity index (χ0v) is 12.8. The van der Waals surface area contributed by atoms with E-state index in [1.807, 2.05) is 39.0 Å². The number of nitrogens with one attached hydrogen (secondary N) is 1. The van der Waals surface area contributed by atoms with Gasteiger partial charge in [0, 0.05) is 16.1 Å². The molecule has 3 heteroatoms. The molecule has 0 aliphatic carbocycles. The SMILES string of the molecule is CC/C=C(\C)C(=O)NC(C)Cc1ccc(Br)cc1. The second kappa shape index (κ2) is 7.37. The minimum Gasteiger partial charge on any atom is -0.350 e. The van der Waals surface area contributed by atoms with E-state index in [9.17, 15) is 4.79 Å². The monoisotopic (exact) mass is 309 g/mol. The molecule has 0 aromatic heterocycles. The lowest BCUT2D eigenvalue weighted by Crippen LogP contribution is -2.34. The number of rotatable bonds is 5. The minimum absolute atomic E-state index is 0.0291. The first kappa shape index (κ1) is 15.0. The van der Waals surface area contributed by atoms with Crippen LogP contribution in [-0.4, -0.2) is 11.9 Å². The van der Waals surface area contributed by atoms with Crippen LogP contribution in [-0.2, 0) is 11.2 Å². The van der Waals surface area contributed by atoms with Gasteiger partial charge >= 0.3 is 0 Å². The maximum atomic E-state index is 11.8. The Kier molecular flexibility index (Phi) is 6.13. The van der Waals surface area contributed by atoms with Crippen molar-refractivity contribution in [2.24, 2.45) is 0 Å². The van der Waals surface area contributed by atoms with Gasteiger partial charge < -0.3 is 5.32 Å². The van der Waals surface area contributed by atoms with Crippen molar-refractivity contribution in [1.29, 1.82) is 0 Å². The van der Waals surface area contributed by atoms with Crippen molar-refractivity contribution in [3.8, 4) is 0 Å². The molecule has 0 bridgehead atoms. The highest BCUT2D eigenvalue weighted by molar-refractivity contribution is 9.10. The van der Waals surface area contributed by atoms with Crippen LogP contribution in [0, 0.1) is 0 Å². The molecule has 1 aromatic rings. The summed E-state index contributed by atoms with van der Waals surface area (Å²) in [6, 6.07) is 8.32. The minimum atomic E-state index is 0.0291. The number of allylic oxidation sites excluding steroid dienone is 1. The zero-order chi connectivity index (χ0) is 13.5. The lowest BCUT2D eigenvalue weighted by Gasteiger charge is -2.14. The Labute approximate surface area is 118 Å². The standard InChI is InChI=1S/C15H20BrNO/c1-4-5-11(2)15(18)17-12(3)10-13-6-8-14(16)9-7-13/h5-9,12H,4,10H2,1-3H3,(H,17,18)/b11-5+. The van der Waals surface area contributed by atoms with Crippen LogP contribution in [0.25, 0.3) is 0 Å². The summed E-state index contributed by atoms with van der Waals surface area (Å²) >= 11 is 3.41. The van der Waals surface area contributed by atoms with Gasteiger partial charge in [0.15, 0.2) is 0 Å². The number of hydrogen-bond acceptors (Lipinski definition) is 1. The molecular formula is C15H20BrNO. The number of benzene rings is 1. The largest absolute Gasteiger partial charge is 0.350 e. The fourth-order valence-corrected chi connectivity index (χ4v) is 2.03. The van der Waals surface area contributed by atoms with E-state index < -0.39 is 0 Å². The molecule has 0 saturated heterocycles. The molecule has 18 heavy (non-hydrogen) atoms. The van der Waals surface area contributed by atoms with Gasteiger partial charge in [-0.05, 0) is 44.4 Å². The number of carbonyl (C=O) groups is 1. The molecule has 1 unspecified atom stereocenters.